The summed E-state index contributed by atoms with van der Waals surface area (Å²) >= 11 is 0. The van der Waals surface area contributed by atoms with Crippen molar-refractivity contribution < 1.29 is 31.5 Å². The first-order valence-electron chi connectivity index (χ1n) is 9.49. The van der Waals surface area contributed by atoms with Crippen LogP contribution in [-0.4, -0.2) is 43.1 Å². The van der Waals surface area contributed by atoms with Gasteiger partial charge in [0.25, 0.3) is 0 Å². The predicted molar refractivity (Wildman–Crippen MR) is 109 cm³/mol. The van der Waals surface area contributed by atoms with Gasteiger partial charge in [0.2, 0.25) is 10.0 Å². The van der Waals surface area contributed by atoms with E-state index >= 15 is 0 Å². The SMILES string of the molecule is Cc1cc(-c2c(F)cc(S(=O)(=O)N3CC[C@H](F)C3)cc2F)cc2cc(C(=O)O)ccc12. The van der Waals surface area contributed by atoms with Gasteiger partial charge >= 0.3 is 5.97 Å². The van der Waals surface area contributed by atoms with Gasteiger partial charge in [0.05, 0.1) is 16.0 Å². The number of sulfonamides is 1. The van der Waals surface area contributed by atoms with Crippen molar-refractivity contribution in [1.29, 1.82) is 0 Å². The quantitative estimate of drug-likeness (QED) is 0.635. The van der Waals surface area contributed by atoms with E-state index in [0.29, 0.717) is 10.9 Å². The zero-order valence-electron chi connectivity index (χ0n) is 16.4. The van der Waals surface area contributed by atoms with Crippen molar-refractivity contribution in [3.8, 4) is 11.1 Å². The van der Waals surface area contributed by atoms with E-state index in [-0.39, 0.29) is 30.6 Å². The Hall–Kier alpha value is -2.91. The fraction of sp³-hybridized carbons (Fsp3) is 0.227. The van der Waals surface area contributed by atoms with Crippen LogP contribution in [-0.2, 0) is 10.0 Å². The van der Waals surface area contributed by atoms with Gasteiger partial charge in [-0.1, -0.05) is 12.1 Å². The second-order valence-electron chi connectivity index (χ2n) is 7.55. The molecular weight excluding hydrogens is 431 g/mol. The van der Waals surface area contributed by atoms with E-state index < -0.39 is 44.3 Å². The molecule has 0 unspecified atom stereocenters. The normalized spacial score (nSPS) is 17.4. The molecule has 1 heterocycles. The van der Waals surface area contributed by atoms with Crippen LogP contribution in [0.1, 0.15) is 22.3 Å². The molecule has 0 aromatic heterocycles. The minimum Gasteiger partial charge on any atom is -0.478 e. The Morgan fingerprint density at radius 2 is 1.77 bits per heavy atom. The fourth-order valence-electron chi connectivity index (χ4n) is 3.87. The van der Waals surface area contributed by atoms with E-state index in [0.717, 1.165) is 21.8 Å². The maximum absolute atomic E-state index is 14.9. The van der Waals surface area contributed by atoms with Gasteiger partial charge in [-0.3, -0.25) is 0 Å². The molecule has 0 saturated carbocycles. The second kappa shape index (κ2) is 7.65. The first-order valence-corrected chi connectivity index (χ1v) is 10.9. The Labute approximate surface area is 176 Å². The summed E-state index contributed by atoms with van der Waals surface area (Å²) in [6, 6.07) is 8.93. The zero-order valence-corrected chi connectivity index (χ0v) is 17.2. The van der Waals surface area contributed by atoms with Gasteiger partial charge in [-0.25, -0.2) is 26.4 Å². The molecule has 9 heteroatoms. The van der Waals surface area contributed by atoms with Crippen LogP contribution in [0.4, 0.5) is 13.2 Å². The Balaban J connectivity index is 1.82. The Kier molecular flexibility index (Phi) is 5.26. The van der Waals surface area contributed by atoms with Crippen molar-refractivity contribution in [2.45, 2.75) is 24.4 Å². The highest BCUT2D eigenvalue weighted by Gasteiger charge is 2.33. The number of carboxylic acid groups (broad SMARTS) is 1. The molecule has 31 heavy (non-hydrogen) atoms. The summed E-state index contributed by atoms with van der Waals surface area (Å²) < 4.78 is 69.4. The van der Waals surface area contributed by atoms with E-state index in [1.54, 1.807) is 19.1 Å². The molecule has 3 aromatic rings. The minimum atomic E-state index is -4.23. The number of hydrogen-bond acceptors (Lipinski definition) is 3. The van der Waals surface area contributed by atoms with Crippen molar-refractivity contribution in [3.05, 3.63) is 65.2 Å². The van der Waals surface area contributed by atoms with Gasteiger partial charge in [-0.05, 0) is 65.6 Å². The average molecular weight is 449 g/mol. The average Bonchev–Trinajstić information content (AvgIpc) is 3.14. The van der Waals surface area contributed by atoms with Crippen LogP contribution in [0.5, 0.6) is 0 Å². The van der Waals surface area contributed by atoms with Gasteiger partial charge in [0, 0.05) is 13.1 Å². The number of alkyl halides is 1. The predicted octanol–water partition coefficient (Wildman–Crippen LogP) is 4.52. The first kappa shape index (κ1) is 21.3. The highest BCUT2D eigenvalue weighted by molar-refractivity contribution is 7.89. The molecule has 1 aliphatic rings. The van der Waals surface area contributed by atoms with Gasteiger partial charge < -0.3 is 5.11 Å². The van der Waals surface area contributed by atoms with Gasteiger partial charge in [0.15, 0.2) is 0 Å². The number of aryl methyl sites for hydroxylation is 1. The molecule has 1 fully saturated rings. The lowest BCUT2D eigenvalue weighted by Gasteiger charge is -2.17. The summed E-state index contributed by atoms with van der Waals surface area (Å²) in [5, 5.41) is 10.4. The number of aromatic carboxylic acids is 1. The standard InChI is InChI=1S/C22H18F3NO4S/c1-12-6-15(8-14-7-13(22(27)28)2-3-18(12)14)21-19(24)9-17(10-20(21)25)31(29,30)26-5-4-16(23)11-26/h2-3,6-10,16H,4-5,11H2,1H3,(H,27,28)/t16-/m0/s1. The van der Waals surface area contributed by atoms with E-state index in [9.17, 15) is 31.5 Å². The van der Waals surface area contributed by atoms with Crippen molar-refractivity contribution in [2.75, 3.05) is 13.1 Å². The van der Waals surface area contributed by atoms with Crippen LogP contribution in [0.2, 0.25) is 0 Å². The molecule has 1 aliphatic heterocycles. The number of hydrogen-bond donors (Lipinski definition) is 1. The van der Waals surface area contributed by atoms with E-state index in [1.165, 1.54) is 18.2 Å². The molecule has 0 spiro atoms. The second-order valence-corrected chi connectivity index (χ2v) is 9.48. The molecule has 0 aliphatic carbocycles. The molecule has 1 N–H and O–H groups in total. The first-order chi connectivity index (χ1) is 14.6. The summed E-state index contributed by atoms with van der Waals surface area (Å²) in [5.74, 6) is -3.29. The molecule has 1 atom stereocenters. The summed E-state index contributed by atoms with van der Waals surface area (Å²) in [7, 11) is -4.23. The van der Waals surface area contributed by atoms with E-state index in [4.69, 9.17) is 0 Å². The summed E-state index contributed by atoms with van der Waals surface area (Å²) in [6.07, 6.45) is -1.27. The maximum atomic E-state index is 14.9. The number of rotatable bonds is 4. The lowest BCUT2D eigenvalue weighted by Crippen LogP contribution is -2.29. The van der Waals surface area contributed by atoms with E-state index in [2.05, 4.69) is 0 Å². The van der Waals surface area contributed by atoms with Crippen LogP contribution in [0.25, 0.3) is 21.9 Å². The van der Waals surface area contributed by atoms with Gasteiger partial charge in [0.1, 0.15) is 17.8 Å². The number of halogens is 3. The lowest BCUT2D eigenvalue weighted by molar-refractivity contribution is 0.0697. The molecule has 5 nitrogen and oxygen atoms in total. The topological polar surface area (TPSA) is 74.7 Å². The Bertz CT molecular complexity index is 1300. The van der Waals surface area contributed by atoms with Crippen molar-refractivity contribution in [1.82, 2.24) is 4.31 Å². The van der Waals surface area contributed by atoms with Crippen LogP contribution in [0.3, 0.4) is 0 Å². The van der Waals surface area contributed by atoms with Crippen molar-refractivity contribution in [2.24, 2.45) is 0 Å². The summed E-state index contributed by atoms with van der Waals surface area (Å²) in [5.41, 5.74) is 0.431. The highest BCUT2D eigenvalue weighted by atomic mass is 32.2. The summed E-state index contributed by atoms with van der Waals surface area (Å²) in [6.45, 7) is 1.33. The summed E-state index contributed by atoms with van der Waals surface area (Å²) in [4.78, 5) is 10.7. The number of fused-ring (bicyclic) bond motifs is 1. The van der Waals surface area contributed by atoms with Gasteiger partial charge in [-0.2, -0.15) is 4.31 Å². The minimum absolute atomic E-state index is 0.0308. The third-order valence-corrected chi connectivity index (χ3v) is 7.28. The Morgan fingerprint density at radius 1 is 1.10 bits per heavy atom. The van der Waals surface area contributed by atoms with Gasteiger partial charge in [-0.15, -0.1) is 0 Å². The molecule has 0 amide bonds. The lowest BCUT2D eigenvalue weighted by atomic mass is 9.95. The van der Waals surface area contributed by atoms with Crippen LogP contribution in [0.15, 0.2) is 47.4 Å². The van der Waals surface area contributed by atoms with E-state index in [1.807, 2.05) is 0 Å². The number of benzene rings is 3. The maximum Gasteiger partial charge on any atom is 0.335 e. The highest BCUT2D eigenvalue weighted by Crippen LogP contribution is 2.34. The third-order valence-electron chi connectivity index (χ3n) is 5.44. The van der Waals surface area contributed by atoms with Crippen molar-refractivity contribution in [3.63, 3.8) is 0 Å². The smallest absolute Gasteiger partial charge is 0.335 e. The van der Waals surface area contributed by atoms with Crippen molar-refractivity contribution >= 4 is 26.8 Å². The molecule has 0 bridgehead atoms. The van der Waals surface area contributed by atoms with Crippen LogP contribution >= 0.6 is 0 Å². The number of carbonyl (C=O) groups is 1. The fourth-order valence-corrected chi connectivity index (χ4v) is 5.38. The Morgan fingerprint density at radius 3 is 2.35 bits per heavy atom. The zero-order chi connectivity index (χ0) is 22.5. The number of nitrogens with zero attached hydrogens (tertiary/aromatic N) is 1. The largest absolute Gasteiger partial charge is 0.478 e. The third kappa shape index (κ3) is 3.79. The molecule has 3 aromatic carbocycles. The molecule has 4 rings (SSSR count). The molecule has 0 radical (unpaired) electrons. The molecular formula is C22H18F3NO4S. The monoisotopic (exact) mass is 449 g/mol. The van der Waals surface area contributed by atoms with Crippen LogP contribution in [0, 0.1) is 18.6 Å². The molecule has 1 saturated heterocycles. The number of carboxylic acids is 1. The molecule has 162 valence electrons. The van der Waals surface area contributed by atoms with Crippen LogP contribution < -0.4 is 0 Å².